The Bertz CT molecular complexity index is 1350. The lowest BCUT2D eigenvalue weighted by molar-refractivity contribution is -0.138. The maximum atomic E-state index is 12.7. The second kappa shape index (κ2) is 9.85. The van der Waals surface area contributed by atoms with Gasteiger partial charge in [0.1, 0.15) is 0 Å². The molecule has 0 saturated carbocycles. The monoisotopic (exact) mass is 469 g/mol. The molecule has 0 fully saturated rings. The van der Waals surface area contributed by atoms with Gasteiger partial charge in [0.25, 0.3) is 5.91 Å². The first-order valence-electron chi connectivity index (χ1n) is 10.8. The lowest BCUT2D eigenvalue weighted by atomic mass is 9.99. The number of Topliss-reactive ketones (excluding diaryl/α,β-unsaturated/α-hetero) is 1. The first-order valence-corrected chi connectivity index (χ1v) is 11.6. The molecule has 0 saturated heterocycles. The smallest absolute Gasteiger partial charge is 0.310 e. The molecule has 1 atom stereocenters. The Morgan fingerprint density at radius 3 is 1.97 bits per heavy atom. The van der Waals surface area contributed by atoms with E-state index in [2.05, 4.69) is 5.32 Å². The summed E-state index contributed by atoms with van der Waals surface area (Å²) in [5.41, 5.74) is 5.80. The van der Waals surface area contributed by atoms with Crippen LogP contribution in [0.1, 0.15) is 46.0 Å². The van der Waals surface area contributed by atoms with Crippen molar-refractivity contribution in [3.8, 4) is 22.3 Å². The summed E-state index contributed by atoms with van der Waals surface area (Å²) in [6.07, 6.45) is 0. The molecule has 2 N–H and O–H groups in total. The average Bonchev–Trinajstić information content (AvgIpc) is 3.32. The van der Waals surface area contributed by atoms with Crippen molar-refractivity contribution in [2.24, 2.45) is 0 Å². The number of carbonyl (C=O) groups is 3. The number of benzene rings is 3. The number of amides is 1. The quantitative estimate of drug-likeness (QED) is 0.294. The van der Waals surface area contributed by atoms with Gasteiger partial charge in [-0.15, -0.1) is 11.3 Å². The van der Waals surface area contributed by atoms with Crippen LogP contribution < -0.4 is 5.32 Å². The minimum absolute atomic E-state index is 0.0461. The van der Waals surface area contributed by atoms with E-state index >= 15 is 0 Å². The number of carbonyl (C=O) groups excluding carboxylic acids is 2. The van der Waals surface area contributed by atoms with Gasteiger partial charge in [0, 0.05) is 16.5 Å². The topological polar surface area (TPSA) is 83.5 Å². The SMILES string of the molecule is CC(=O)c1ccc(-c2ccc(-c3csc(NC(=O)c4cccc([C@@H](C)C(=O)O)c4)c3)cc2)cc1. The summed E-state index contributed by atoms with van der Waals surface area (Å²) in [6.45, 7) is 3.15. The van der Waals surface area contributed by atoms with Gasteiger partial charge in [-0.25, -0.2) is 0 Å². The standard InChI is InChI=1S/C28H23NO4S/c1-17(28(32)33)23-4-3-5-24(14-23)27(31)29-26-15-25(16-34-26)22-12-10-21(11-13-22)20-8-6-19(7-9-20)18(2)30/h3-17H,1-2H3,(H,29,31)(H,32,33)/t17-/m1/s1. The van der Waals surface area contributed by atoms with Crippen LogP contribution in [0.3, 0.4) is 0 Å². The zero-order chi connectivity index (χ0) is 24.2. The van der Waals surface area contributed by atoms with E-state index in [1.165, 1.54) is 11.3 Å². The first-order chi connectivity index (χ1) is 16.3. The van der Waals surface area contributed by atoms with Crippen molar-refractivity contribution in [3.63, 3.8) is 0 Å². The molecule has 4 rings (SSSR count). The van der Waals surface area contributed by atoms with Crippen molar-refractivity contribution >= 4 is 34.0 Å². The van der Waals surface area contributed by atoms with Crippen molar-refractivity contribution in [1.82, 2.24) is 0 Å². The molecule has 1 amide bonds. The zero-order valence-corrected chi connectivity index (χ0v) is 19.6. The van der Waals surface area contributed by atoms with Crippen LogP contribution >= 0.6 is 11.3 Å². The molecule has 6 heteroatoms. The summed E-state index contributed by atoms with van der Waals surface area (Å²) >= 11 is 1.43. The Balaban J connectivity index is 1.46. The van der Waals surface area contributed by atoms with Gasteiger partial charge in [0.2, 0.25) is 0 Å². The van der Waals surface area contributed by atoms with Crippen LogP contribution in [-0.4, -0.2) is 22.8 Å². The molecular formula is C28H23NO4S. The molecule has 1 aromatic heterocycles. The number of hydrogen-bond acceptors (Lipinski definition) is 4. The maximum absolute atomic E-state index is 12.7. The molecule has 5 nitrogen and oxygen atoms in total. The fraction of sp³-hybridized carbons (Fsp3) is 0.107. The minimum atomic E-state index is -0.931. The molecule has 1 heterocycles. The van der Waals surface area contributed by atoms with E-state index in [0.29, 0.717) is 21.7 Å². The van der Waals surface area contributed by atoms with E-state index in [1.807, 2.05) is 60.0 Å². The molecule has 0 unspecified atom stereocenters. The Hall–Kier alpha value is -4.03. The van der Waals surface area contributed by atoms with Crippen molar-refractivity contribution in [3.05, 3.63) is 101 Å². The average molecular weight is 470 g/mol. The predicted octanol–water partition coefficient (Wildman–Crippen LogP) is 6.73. The number of ketones is 1. The Morgan fingerprint density at radius 1 is 0.794 bits per heavy atom. The molecule has 3 aromatic carbocycles. The highest BCUT2D eigenvalue weighted by atomic mass is 32.1. The highest BCUT2D eigenvalue weighted by molar-refractivity contribution is 7.14. The van der Waals surface area contributed by atoms with Crippen LogP contribution in [0.5, 0.6) is 0 Å². The zero-order valence-electron chi connectivity index (χ0n) is 18.7. The van der Waals surface area contributed by atoms with Gasteiger partial charge in [-0.1, -0.05) is 60.7 Å². The molecule has 0 bridgehead atoms. The highest BCUT2D eigenvalue weighted by Crippen LogP contribution is 2.31. The number of rotatable bonds is 7. The van der Waals surface area contributed by atoms with Gasteiger partial charge in [-0.05, 0) is 59.9 Å². The van der Waals surface area contributed by atoms with Crippen LogP contribution in [0.25, 0.3) is 22.3 Å². The van der Waals surface area contributed by atoms with Gasteiger partial charge in [-0.2, -0.15) is 0 Å². The number of thiophene rings is 1. The minimum Gasteiger partial charge on any atom is -0.481 e. The van der Waals surface area contributed by atoms with Crippen LogP contribution in [0.4, 0.5) is 5.00 Å². The molecule has 0 aliphatic heterocycles. The van der Waals surface area contributed by atoms with Crippen molar-refractivity contribution in [2.75, 3.05) is 5.32 Å². The second-order valence-corrected chi connectivity index (χ2v) is 8.96. The second-order valence-electron chi connectivity index (χ2n) is 8.05. The van der Waals surface area contributed by atoms with E-state index in [9.17, 15) is 19.5 Å². The number of carboxylic acid groups (broad SMARTS) is 1. The molecule has 0 aliphatic rings. The number of hydrogen-bond donors (Lipinski definition) is 2. The lowest BCUT2D eigenvalue weighted by Gasteiger charge is -2.09. The van der Waals surface area contributed by atoms with Crippen molar-refractivity contribution in [2.45, 2.75) is 19.8 Å². The summed E-state index contributed by atoms with van der Waals surface area (Å²) in [5, 5.41) is 14.8. The number of nitrogens with one attached hydrogen (secondary N) is 1. The van der Waals surface area contributed by atoms with Gasteiger partial charge >= 0.3 is 5.97 Å². The van der Waals surface area contributed by atoms with Crippen LogP contribution in [-0.2, 0) is 4.79 Å². The van der Waals surface area contributed by atoms with Gasteiger partial charge in [0.15, 0.2) is 5.78 Å². The first kappa shape index (κ1) is 23.1. The largest absolute Gasteiger partial charge is 0.481 e. The molecule has 0 spiro atoms. The Labute approximate surface area is 201 Å². The molecular weight excluding hydrogens is 446 g/mol. The van der Waals surface area contributed by atoms with E-state index in [4.69, 9.17) is 0 Å². The van der Waals surface area contributed by atoms with Crippen molar-refractivity contribution in [1.29, 1.82) is 0 Å². The van der Waals surface area contributed by atoms with E-state index in [1.54, 1.807) is 38.1 Å². The fourth-order valence-corrected chi connectivity index (χ4v) is 4.39. The molecule has 0 radical (unpaired) electrons. The Kier molecular flexibility index (Phi) is 6.70. The van der Waals surface area contributed by atoms with Gasteiger partial charge in [-0.3, -0.25) is 14.4 Å². The van der Waals surface area contributed by atoms with Crippen molar-refractivity contribution < 1.29 is 19.5 Å². The summed E-state index contributed by atoms with van der Waals surface area (Å²) in [4.78, 5) is 35.4. The normalized spacial score (nSPS) is 11.6. The van der Waals surface area contributed by atoms with Crippen LogP contribution in [0.15, 0.2) is 84.2 Å². The maximum Gasteiger partial charge on any atom is 0.310 e. The summed E-state index contributed by atoms with van der Waals surface area (Å²) in [5.74, 6) is -1.85. The van der Waals surface area contributed by atoms with E-state index < -0.39 is 11.9 Å². The third-order valence-electron chi connectivity index (χ3n) is 5.70. The van der Waals surface area contributed by atoms with E-state index in [0.717, 1.165) is 22.3 Å². The number of carboxylic acids is 1. The van der Waals surface area contributed by atoms with Crippen LogP contribution in [0.2, 0.25) is 0 Å². The molecule has 170 valence electrons. The lowest BCUT2D eigenvalue weighted by Crippen LogP contribution is -2.13. The van der Waals surface area contributed by atoms with Crippen LogP contribution in [0, 0.1) is 0 Å². The summed E-state index contributed by atoms with van der Waals surface area (Å²) in [7, 11) is 0. The highest BCUT2D eigenvalue weighted by Gasteiger charge is 2.16. The van der Waals surface area contributed by atoms with Gasteiger partial charge in [0.05, 0.1) is 10.9 Å². The van der Waals surface area contributed by atoms with Gasteiger partial charge < -0.3 is 10.4 Å². The predicted molar refractivity (Wildman–Crippen MR) is 136 cm³/mol. The Morgan fingerprint density at radius 2 is 1.38 bits per heavy atom. The number of aliphatic carboxylic acids is 1. The molecule has 34 heavy (non-hydrogen) atoms. The molecule has 0 aliphatic carbocycles. The summed E-state index contributed by atoms with van der Waals surface area (Å²) < 4.78 is 0. The molecule has 4 aromatic rings. The third kappa shape index (κ3) is 5.13. The third-order valence-corrected chi connectivity index (χ3v) is 6.54. The summed E-state index contributed by atoms with van der Waals surface area (Å²) in [6, 6.07) is 24.3. The van der Waals surface area contributed by atoms with E-state index in [-0.39, 0.29) is 11.7 Å². The fourth-order valence-electron chi connectivity index (χ4n) is 3.58. The number of anilines is 1.